The minimum Gasteiger partial charge on any atom is -0.480 e. The van der Waals surface area contributed by atoms with Crippen molar-refractivity contribution in [1.82, 2.24) is 0 Å². The standard InChI is InChI=1S/C19H17NO8/c20-17(19(23)24)18(22)10-2-4-13-15(6-10)28-16(27-13)7-11(21)9-1-3-12-14(5-9)26-8-25-12/h1-6,16-18,22H,7-8,20H2,(H,23,24). The van der Waals surface area contributed by atoms with Crippen molar-refractivity contribution >= 4 is 11.8 Å². The van der Waals surface area contributed by atoms with E-state index in [2.05, 4.69) is 0 Å². The van der Waals surface area contributed by atoms with Gasteiger partial charge in [-0.05, 0) is 35.9 Å². The van der Waals surface area contributed by atoms with Gasteiger partial charge in [0.2, 0.25) is 13.1 Å². The molecule has 3 unspecified atom stereocenters. The summed E-state index contributed by atoms with van der Waals surface area (Å²) in [5.74, 6) is 0.265. The predicted molar refractivity (Wildman–Crippen MR) is 93.6 cm³/mol. The fourth-order valence-electron chi connectivity index (χ4n) is 2.97. The van der Waals surface area contributed by atoms with Crippen LogP contribution in [-0.4, -0.2) is 41.1 Å². The Hall–Kier alpha value is -3.30. The van der Waals surface area contributed by atoms with Crippen molar-refractivity contribution in [2.75, 3.05) is 6.79 Å². The van der Waals surface area contributed by atoms with Crippen molar-refractivity contribution in [3.63, 3.8) is 0 Å². The first-order chi connectivity index (χ1) is 13.4. The molecule has 0 aromatic heterocycles. The molecular formula is C19H17NO8. The quantitative estimate of drug-likeness (QED) is 0.625. The molecule has 3 atom stereocenters. The van der Waals surface area contributed by atoms with Gasteiger partial charge in [-0.1, -0.05) is 6.07 Å². The summed E-state index contributed by atoms with van der Waals surface area (Å²) >= 11 is 0. The monoisotopic (exact) mass is 387 g/mol. The zero-order valence-electron chi connectivity index (χ0n) is 14.5. The third kappa shape index (κ3) is 3.32. The highest BCUT2D eigenvalue weighted by Crippen LogP contribution is 2.38. The van der Waals surface area contributed by atoms with E-state index in [-0.39, 0.29) is 24.6 Å². The number of aliphatic hydroxyl groups excluding tert-OH is 1. The number of carboxylic acid groups (broad SMARTS) is 1. The van der Waals surface area contributed by atoms with Crippen LogP contribution in [0.15, 0.2) is 36.4 Å². The largest absolute Gasteiger partial charge is 0.480 e. The Kier molecular flexibility index (Phi) is 4.54. The molecule has 0 saturated carbocycles. The number of Topliss-reactive ketones (excluding diaryl/α,β-unsaturated/α-hetero) is 1. The first-order valence-electron chi connectivity index (χ1n) is 8.49. The summed E-state index contributed by atoms with van der Waals surface area (Å²) in [5, 5.41) is 19.0. The van der Waals surface area contributed by atoms with E-state index >= 15 is 0 Å². The topological polar surface area (TPSA) is 138 Å². The second kappa shape index (κ2) is 7.02. The molecular weight excluding hydrogens is 370 g/mol. The van der Waals surface area contributed by atoms with Gasteiger partial charge in [0.25, 0.3) is 0 Å². The third-order valence-corrected chi connectivity index (χ3v) is 4.50. The van der Waals surface area contributed by atoms with Crippen LogP contribution in [0.3, 0.4) is 0 Å². The van der Waals surface area contributed by atoms with E-state index < -0.39 is 24.4 Å². The Balaban J connectivity index is 1.43. The molecule has 146 valence electrons. The Labute approximate surface area is 159 Å². The highest BCUT2D eigenvalue weighted by molar-refractivity contribution is 5.97. The van der Waals surface area contributed by atoms with Gasteiger partial charge in [0, 0.05) is 5.56 Å². The fourth-order valence-corrected chi connectivity index (χ4v) is 2.97. The maximum atomic E-state index is 12.5. The zero-order chi connectivity index (χ0) is 19.8. The Morgan fingerprint density at radius 1 is 1.04 bits per heavy atom. The molecule has 4 rings (SSSR count). The molecule has 2 heterocycles. The fraction of sp³-hybridized carbons (Fsp3) is 0.263. The van der Waals surface area contributed by atoms with E-state index in [1.165, 1.54) is 18.2 Å². The van der Waals surface area contributed by atoms with E-state index in [0.29, 0.717) is 28.6 Å². The number of rotatable bonds is 6. The number of aliphatic hydroxyl groups is 1. The van der Waals surface area contributed by atoms with Crippen LogP contribution in [-0.2, 0) is 4.79 Å². The van der Waals surface area contributed by atoms with Gasteiger partial charge < -0.3 is 34.9 Å². The van der Waals surface area contributed by atoms with Crippen LogP contribution in [0.5, 0.6) is 23.0 Å². The van der Waals surface area contributed by atoms with Crippen LogP contribution in [0.25, 0.3) is 0 Å². The smallest absolute Gasteiger partial charge is 0.323 e. The van der Waals surface area contributed by atoms with Gasteiger partial charge >= 0.3 is 5.97 Å². The minimum atomic E-state index is -1.47. The molecule has 2 aromatic carbocycles. The van der Waals surface area contributed by atoms with Gasteiger partial charge in [-0.3, -0.25) is 9.59 Å². The van der Waals surface area contributed by atoms with Crippen LogP contribution in [0.2, 0.25) is 0 Å². The zero-order valence-corrected chi connectivity index (χ0v) is 14.5. The number of benzene rings is 2. The van der Waals surface area contributed by atoms with E-state index in [1.54, 1.807) is 18.2 Å². The molecule has 0 spiro atoms. The number of carbonyl (C=O) groups excluding carboxylic acids is 1. The highest BCUT2D eigenvalue weighted by atomic mass is 16.7. The van der Waals surface area contributed by atoms with Crippen molar-refractivity contribution in [2.24, 2.45) is 5.73 Å². The second-order valence-corrected chi connectivity index (χ2v) is 6.38. The molecule has 0 aliphatic carbocycles. The van der Waals surface area contributed by atoms with Crippen molar-refractivity contribution in [2.45, 2.75) is 24.9 Å². The number of hydrogen-bond acceptors (Lipinski definition) is 8. The molecule has 2 aromatic rings. The SMILES string of the molecule is NC(C(=O)O)C(O)c1ccc2c(c1)OC(CC(=O)c1ccc3c(c1)OCO3)O2. The maximum absolute atomic E-state index is 12.5. The summed E-state index contributed by atoms with van der Waals surface area (Å²) in [6.07, 6.45) is -2.28. The summed E-state index contributed by atoms with van der Waals surface area (Å²) in [7, 11) is 0. The van der Waals surface area contributed by atoms with Crippen molar-refractivity contribution in [3.8, 4) is 23.0 Å². The van der Waals surface area contributed by atoms with Gasteiger partial charge in [-0.2, -0.15) is 0 Å². The van der Waals surface area contributed by atoms with Crippen molar-refractivity contribution in [1.29, 1.82) is 0 Å². The Morgan fingerprint density at radius 3 is 2.54 bits per heavy atom. The summed E-state index contributed by atoms with van der Waals surface area (Å²) in [4.78, 5) is 23.4. The van der Waals surface area contributed by atoms with Crippen LogP contribution >= 0.6 is 0 Å². The molecule has 0 radical (unpaired) electrons. The third-order valence-electron chi connectivity index (χ3n) is 4.50. The first-order valence-corrected chi connectivity index (χ1v) is 8.49. The average molecular weight is 387 g/mol. The van der Waals surface area contributed by atoms with E-state index in [9.17, 15) is 14.7 Å². The lowest BCUT2D eigenvalue weighted by atomic mass is 10.0. The van der Waals surface area contributed by atoms with Gasteiger partial charge in [-0.15, -0.1) is 0 Å². The van der Waals surface area contributed by atoms with Crippen LogP contribution in [0, 0.1) is 0 Å². The Morgan fingerprint density at radius 2 is 1.75 bits per heavy atom. The molecule has 0 saturated heterocycles. The molecule has 28 heavy (non-hydrogen) atoms. The number of aliphatic carboxylic acids is 1. The number of nitrogens with two attached hydrogens (primary N) is 1. The molecule has 9 heteroatoms. The van der Waals surface area contributed by atoms with E-state index in [0.717, 1.165) is 0 Å². The minimum absolute atomic E-state index is 0.0408. The molecule has 2 aliphatic rings. The summed E-state index contributed by atoms with van der Waals surface area (Å²) in [6.45, 7) is 0.122. The number of carboxylic acids is 1. The van der Waals surface area contributed by atoms with Crippen molar-refractivity contribution in [3.05, 3.63) is 47.5 Å². The van der Waals surface area contributed by atoms with Gasteiger partial charge in [-0.25, -0.2) is 0 Å². The molecule has 0 bridgehead atoms. The molecule has 0 amide bonds. The summed E-state index contributed by atoms with van der Waals surface area (Å²) in [6, 6.07) is 7.93. The maximum Gasteiger partial charge on any atom is 0.323 e. The molecule has 0 fully saturated rings. The van der Waals surface area contributed by atoms with Crippen LogP contribution < -0.4 is 24.7 Å². The second-order valence-electron chi connectivity index (χ2n) is 6.38. The number of carbonyl (C=O) groups is 2. The highest BCUT2D eigenvalue weighted by Gasteiger charge is 2.30. The van der Waals surface area contributed by atoms with Gasteiger partial charge in [0.15, 0.2) is 28.8 Å². The van der Waals surface area contributed by atoms with E-state index in [1.807, 2.05) is 0 Å². The summed E-state index contributed by atoms with van der Waals surface area (Å²) in [5.41, 5.74) is 6.17. The van der Waals surface area contributed by atoms with Gasteiger partial charge in [0.05, 0.1) is 6.42 Å². The number of hydrogen-bond donors (Lipinski definition) is 3. The number of ketones is 1. The summed E-state index contributed by atoms with van der Waals surface area (Å²) < 4.78 is 21.7. The first kappa shape index (κ1) is 18.1. The lowest BCUT2D eigenvalue weighted by Gasteiger charge is -2.15. The van der Waals surface area contributed by atoms with Gasteiger partial charge in [0.1, 0.15) is 12.1 Å². The lowest BCUT2D eigenvalue weighted by Crippen LogP contribution is -2.36. The number of ether oxygens (including phenoxy) is 4. The lowest BCUT2D eigenvalue weighted by molar-refractivity contribution is -0.141. The predicted octanol–water partition coefficient (Wildman–Crippen LogP) is 1.23. The van der Waals surface area contributed by atoms with E-state index in [4.69, 9.17) is 29.8 Å². The average Bonchev–Trinajstić information content (AvgIpc) is 3.31. The van der Waals surface area contributed by atoms with Crippen molar-refractivity contribution < 1.29 is 38.7 Å². The Bertz CT molecular complexity index is 944. The normalized spacial score (nSPS) is 18.6. The molecule has 9 nitrogen and oxygen atoms in total. The van der Waals surface area contributed by atoms with Crippen LogP contribution in [0.1, 0.15) is 28.4 Å². The molecule has 2 aliphatic heterocycles. The number of fused-ring (bicyclic) bond motifs is 2. The van der Waals surface area contributed by atoms with Crippen LogP contribution in [0.4, 0.5) is 0 Å². The molecule has 4 N–H and O–H groups in total.